The minimum Gasteiger partial charge on any atom is -0.490 e. The Labute approximate surface area is 153 Å². The molecule has 0 aliphatic carbocycles. The zero-order chi connectivity index (χ0) is 18.0. The molecule has 0 aliphatic heterocycles. The van der Waals surface area contributed by atoms with Crippen LogP contribution in [0.3, 0.4) is 0 Å². The second kappa shape index (κ2) is 9.63. The van der Waals surface area contributed by atoms with E-state index >= 15 is 0 Å². The van der Waals surface area contributed by atoms with Crippen molar-refractivity contribution < 1.29 is 18.9 Å². The molecule has 0 spiro atoms. The molecule has 0 aliphatic rings. The molecule has 0 radical (unpaired) electrons. The van der Waals surface area contributed by atoms with Crippen molar-refractivity contribution in [3.63, 3.8) is 0 Å². The molecule has 2 aromatic carbocycles. The first kappa shape index (κ1) is 18.0. The minimum absolute atomic E-state index is 0.458. The Bertz CT molecular complexity index is 816. The van der Waals surface area contributed by atoms with E-state index < -0.39 is 0 Å². The van der Waals surface area contributed by atoms with Crippen LogP contribution in [0.25, 0.3) is 10.9 Å². The number of pyridine rings is 1. The normalized spacial score (nSPS) is 10.7. The monoisotopic (exact) mass is 353 g/mol. The molecule has 0 atom stereocenters. The molecular weight excluding hydrogens is 330 g/mol. The summed E-state index contributed by atoms with van der Waals surface area (Å²) >= 11 is 0. The lowest BCUT2D eigenvalue weighted by molar-refractivity contribution is 0.0758. The van der Waals surface area contributed by atoms with Crippen molar-refractivity contribution in [3.8, 4) is 17.2 Å². The molecule has 0 N–H and O–H groups in total. The van der Waals surface area contributed by atoms with E-state index in [1.165, 1.54) is 0 Å². The lowest BCUT2D eigenvalue weighted by Crippen LogP contribution is -2.12. The highest BCUT2D eigenvalue weighted by Gasteiger charge is 2.04. The smallest absolute Gasteiger partial charge is 0.161 e. The molecule has 3 rings (SSSR count). The number of aromatic nitrogens is 1. The number of nitrogens with zero attached hydrogens (tertiary/aromatic N) is 1. The first-order chi connectivity index (χ1) is 12.9. The van der Waals surface area contributed by atoms with Crippen molar-refractivity contribution in [2.75, 3.05) is 33.0 Å². The van der Waals surface area contributed by atoms with Crippen molar-refractivity contribution >= 4 is 10.9 Å². The van der Waals surface area contributed by atoms with Crippen LogP contribution in [0.1, 0.15) is 6.92 Å². The van der Waals surface area contributed by atoms with Gasteiger partial charge in [0.05, 0.1) is 19.8 Å². The van der Waals surface area contributed by atoms with Crippen LogP contribution >= 0.6 is 0 Å². The number of para-hydroxylation sites is 3. The van der Waals surface area contributed by atoms with Gasteiger partial charge in [-0.05, 0) is 31.2 Å². The van der Waals surface area contributed by atoms with Crippen LogP contribution in [0.4, 0.5) is 0 Å². The van der Waals surface area contributed by atoms with Gasteiger partial charge in [-0.1, -0.05) is 30.3 Å². The van der Waals surface area contributed by atoms with E-state index in [4.69, 9.17) is 18.9 Å². The summed E-state index contributed by atoms with van der Waals surface area (Å²) in [5.74, 6) is 2.26. The highest BCUT2D eigenvalue weighted by Crippen LogP contribution is 2.26. The maximum absolute atomic E-state index is 5.79. The topological polar surface area (TPSA) is 49.8 Å². The third-order valence-corrected chi connectivity index (χ3v) is 3.72. The summed E-state index contributed by atoms with van der Waals surface area (Å²) in [5.41, 5.74) is 0.867. The molecule has 5 heteroatoms. The molecule has 0 unspecified atom stereocenters. The number of fused-ring (bicyclic) bond motifs is 1. The van der Waals surface area contributed by atoms with Gasteiger partial charge in [0.1, 0.15) is 24.5 Å². The van der Waals surface area contributed by atoms with Gasteiger partial charge >= 0.3 is 0 Å². The van der Waals surface area contributed by atoms with Gasteiger partial charge in [-0.3, -0.25) is 4.98 Å². The highest BCUT2D eigenvalue weighted by atomic mass is 16.6. The van der Waals surface area contributed by atoms with E-state index in [1.807, 2.05) is 61.5 Å². The Morgan fingerprint density at radius 1 is 0.692 bits per heavy atom. The molecule has 0 saturated carbocycles. The molecule has 1 aromatic heterocycles. The Balaban J connectivity index is 1.37. The van der Waals surface area contributed by atoms with E-state index in [0.717, 1.165) is 28.2 Å². The number of rotatable bonds is 10. The van der Waals surface area contributed by atoms with E-state index in [0.29, 0.717) is 33.0 Å². The first-order valence-corrected chi connectivity index (χ1v) is 8.77. The Morgan fingerprint density at radius 3 is 2.12 bits per heavy atom. The summed E-state index contributed by atoms with van der Waals surface area (Å²) in [7, 11) is 0. The summed E-state index contributed by atoms with van der Waals surface area (Å²) in [6.45, 7) is 4.45. The molecule has 0 bridgehead atoms. The highest BCUT2D eigenvalue weighted by molar-refractivity contribution is 5.84. The second-order valence-electron chi connectivity index (χ2n) is 5.52. The lowest BCUT2D eigenvalue weighted by atomic mass is 10.2. The predicted octanol–water partition coefficient (Wildman–Crippen LogP) is 4.11. The third-order valence-electron chi connectivity index (χ3n) is 3.72. The standard InChI is InChI=1S/C21H23NO4/c1-2-24-18-9-3-4-10-19(18)25-15-13-23-14-16-26-20-11-5-7-17-8-6-12-22-21(17)20/h3-12H,2,13-16H2,1H3. The Morgan fingerprint density at radius 2 is 1.35 bits per heavy atom. The number of benzene rings is 2. The molecule has 1 heterocycles. The zero-order valence-electron chi connectivity index (χ0n) is 14.9. The molecule has 3 aromatic rings. The average Bonchev–Trinajstić information content (AvgIpc) is 2.69. The Kier molecular flexibility index (Phi) is 6.67. The van der Waals surface area contributed by atoms with E-state index in [2.05, 4.69) is 4.98 Å². The van der Waals surface area contributed by atoms with Gasteiger partial charge in [0.2, 0.25) is 0 Å². The van der Waals surface area contributed by atoms with Crippen molar-refractivity contribution in [1.29, 1.82) is 0 Å². The second-order valence-corrected chi connectivity index (χ2v) is 5.52. The van der Waals surface area contributed by atoms with Gasteiger partial charge in [-0.25, -0.2) is 0 Å². The summed E-state index contributed by atoms with van der Waals surface area (Å²) in [5, 5.41) is 1.06. The summed E-state index contributed by atoms with van der Waals surface area (Å²) < 4.78 is 22.6. The van der Waals surface area contributed by atoms with Crippen molar-refractivity contribution in [2.24, 2.45) is 0 Å². The van der Waals surface area contributed by atoms with Gasteiger partial charge in [-0.15, -0.1) is 0 Å². The van der Waals surface area contributed by atoms with Crippen LogP contribution in [-0.4, -0.2) is 38.0 Å². The lowest BCUT2D eigenvalue weighted by Gasteiger charge is -2.12. The van der Waals surface area contributed by atoms with Crippen LogP contribution in [0, 0.1) is 0 Å². The summed E-state index contributed by atoms with van der Waals surface area (Å²) in [6, 6.07) is 17.5. The summed E-state index contributed by atoms with van der Waals surface area (Å²) in [6.07, 6.45) is 1.77. The zero-order valence-corrected chi connectivity index (χ0v) is 14.9. The fraction of sp³-hybridized carbons (Fsp3) is 0.286. The minimum atomic E-state index is 0.458. The molecule has 0 saturated heterocycles. The predicted molar refractivity (Wildman–Crippen MR) is 101 cm³/mol. The van der Waals surface area contributed by atoms with Crippen LogP contribution in [0.15, 0.2) is 60.8 Å². The van der Waals surface area contributed by atoms with Crippen molar-refractivity contribution in [1.82, 2.24) is 4.98 Å². The third kappa shape index (κ3) is 4.86. The number of hydrogen-bond donors (Lipinski definition) is 0. The van der Waals surface area contributed by atoms with Crippen LogP contribution in [-0.2, 0) is 4.74 Å². The van der Waals surface area contributed by atoms with Gasteiger partial charge in [0.15, 0.2) is 11.5 Å². The molecular formula is C21H23NO4. The van der Waals surface area contributed by atoms with Crippen LogP contribution in [0.2, 0.25) is 0 Å². The maximum Gasteiger partial charge on any atom is 0.161 e. The van der Waals surface area contributed by atoms with Gasteiger partial charge in [0, 0.05) is 11.6 Å². The fourth-order valence-corrected chi connectivity index (χ4v) is 2.56. The molecule has 136 valence electrons. The largest absolute Gasteiger partial charge is 0.490 e. The summed E-state index contributed by atoms with van der Waals surface area (Å²) in [4.78, 5) is 4.37. The van der Waals surface area contributed by atoms with Gasteiger partial charge in [-0.2, -0.15) is 0 Å². The van der Waals surface area contributed by atoms with Crippen molar-refractivity contribution in [2.45, 2.75) is 6.92 Å². The quantitative estimate of drug-likeness (QED) is 0.514. The first-order valence-electron chi connectivity index (χ1n) is 8.77. The van der Waals surface area contributed by atoms with E-state index in [1.54, 1.807) is 6.20 Å². The van der Waals surface area contributed by atoms with E-state index in [9.17, 15) is 0 Å². The average molecular weight is 353 g/mol. The SMILES string of the molecule is CCOc1ccccc1OCCOCCOc1cccc2cccnc12. The molecule has 26 heavy (non-hydrogen) atoms. The number of hydrogen-bond acceptors (Lipinski definition) is 5. The molecule has 0 amide bonds. The fourth-order valence-electron chi connectivity index (χ4n) is 2.56. The maximum atomic E-state index is 5.79. The van der Waals surface area contributed by atoms with Gasteiger partial charge < -0.3 is 18.9 Å². The molecule has 5 nitrogen and oxygen atoms in total. The van der Waals surface area contributed by atoms with Crippen LogP contribution < -0.4 is 14.2 Å². The Hall–Kier alpha value is -2.79. The van der Waals surface area contributed by atoms with Crippen LogP contribution in [0.5, 0.6) is 17.2 Å². The van der Waals surface area contributed by atoms with Gasteiger partial charge in [0.25, 0.3) is 0 Å². The van der Waals surface area contributed by atoms with Crippen molar-refractivity contribution in [3.05, 3.63) is 60.8 Å². The van der Waals surface area contributed by atoms with E-state index in [-0.39, 0.29) is 0 Å². The molecule has 0 fully saturated rings. The number of ether oxygens (including phenoxy) is 4.